The molecular weight excluding hydrogens is 161 g/mol. The molecule has 0 amide bonds. The highest BCUT2D eigenvalue weighted by atomic mass is 19.1. The van der Waals surface area contributed by atoms with Gasteiger partial charge in [-0.2, -0.15) is 4.39 Å². The topological polar surface area (TPSA) is 50.2 Å². The molecule has 0 fully saturated rings. The molecule has 64 valence electrons. The first-order chi connectivity index (χ1) is 5.54. The van der Waals surface area contributed by atoms with E-state index in [-0.39, 0.29) is 5.56 Å². The Balaban J connectivity index is 3.43. The SMILES string of the molecule is Cc1cnc(F)c(C(=O)O)c1C. The maximum absolute atomic E-state index is 12.8. The second-order valence-corrected chi connectivity index (χ2v) is 2.54. The normalized spacial score (nSPS) is 9.92. The minimum Gasteiger partial charge on any atom is -0.478 e. The van der Waals surface area contributed by atoms with Crippen molar-refractivity contribution in [1.29, 1.82) is 0 Å². The van der Waals surface area contributed by atoms with E-state index in [4.69, 9.17) is 5.11 Å². The predicted octanol–water partition coefficient (Wildman–Crippen LogP) is 1.54. The van der Waals surface area contributed by atoms with Gasteiger partial charge in [0.05, 0.1) is 0 Å². The van der Waals surface area contributed by atoms with Crippen molar-refractivity contribution >= 4 is 5.97 Å². The predicted molar refractivity (Wildman–Crippen MR) is 40.6 cm³/mol. The van der Waals surface area contributed by atoms with Crippen LogP contribution in [0.4, 0.5) is 4.39 Å². The summed E-state index contributed by atoms with van der Waals surface area (Å²) in [6.45, 7) is 3.25. The van der Waals surface area contributed by atoms with Crippen molar-refractivity contribution in [3.63, 3.8) is 0 Å². The molecule has 0 aliphatic rings. The first-order valence-corrected chi connectivity index (χ1v) is 3.39. The van der Waals surface area contributed by atoms with Crippen LogP contribution in [0.15, 0.2) is 6.20 Å². The fraction of sp³-hybridized carbons (Fsp3) is 0.250. The van der Waals surface area contributed by atoms with Gasteiger partial charge in [0, 0.05) is 6.20 Å². The van der Waals surface area contributed by atoms with Crippen LogP contribution in [-0.2, 0) is 0 Å². The van der Waals surface area contributed by atoms with Crippen LogP contribution in [-0.4, -0.2) is 16.1 Å². The van der Waals surface area contributed by atoms with Gasteiger partial charge in [-0.1, -0.05) is 0 Å². The van der Waals surface area contributed by atoms with E-state index in [1.165, 1.54) is 6.20 Å². The van der Waals surface area contributed by atoms with Crippen molar-refractivity contribution in [2.24, 2.45) is 0 Å². The molecule has 0 bridgehead atoms. The Labute approximate surface area is 68.9 Å². The van der Waals surface area contributed by atoms with Gasteiger partial charge in [0.15, 0.2) is 0 Å². The largest absolute Gasteiger partial charge is 0.478 e. The molecule has 0 aromatic carbocycles. The lowest BCUT2D eigenvalue weighted by Crippen LogP contribution is -2.06. The molecule has 0 unspecified atom stereocenters. The molecule has 0 saturated carbocycles. The highest BCUT2D eigenvalue weighted by molar-refractivity contribution is 5.89. The minimum atomic E-state index is -1.28. The Bertz CT molecular complexity index is 336. The van der Waals surface area contributed by atoms with Crippen LogP contribution in [0.2, 0.25) is 0 Å². The molecule has 3 nitrogen and oxygen atoms in total. The lowest BCUT2D eigenvalue weighted by molar-refractivity contribution is 0.0689. The molecule has 1 heterocycles. The van der Waals surface area contributed by atoms with Crippen molar-refractivity contribution in [2.45, 2.75) is 13.8 Å². The van der Waals surface area contributed by atoms with Gasteiger partial charge in [0.2, 0.25) is 5.95 Å². The van der Waals surface area contributed by atoms with E-state index < -0.39 is 11.9 Å². The van der Waals surface area contributed by atoms with Gasteiger partial charge in [-0.05, 0) is 25.0 Å². The monoisotopic (exact) mass is 169 g/mol. The van der Waals surface area contributed by atoms with Crippen LogP contribution in [0.1, 0.15) is 21.5 Å². The third-order valence-electron chi connectivity index (χ3n) is 1.76. The number of hydrogen-bond donors (Lipinski definition) is 1. The van der Waals surface area contributed by atoms with Crippen LogP contribution >= 0.6 is 0 Å². The van der Waals surface area contributed by atoms with Crippen LogP contribution in [0.25, 0.3) is 0 Å². The molecule has 0 atom stereocenters. The van der Waals surface area contributed by atoms with Gasteiger partial charge in [-0.3, -0.25) is 0 Å². The van der Waals surface area contributed by atoms with E-state index in [0.717, 1.165) is 0 Å². The highest BCUT2D eigenvalue weighted by Crippen LogP contribution is 2.13. The number of aryl methyl sites for hydroxylation is 1. The van der Waals surface area contributed by atoms with Gasteiger partial charge < -0.3 is 5.11 Å². The number of nitrogens with zero attached hydrogens (tertiary/aromatic N) is 1. The highest BCUT2D eigenvalue weighted by Gasteiger charge is 2.15. The number of carbonyl (C=O) groups is 1. The van der Waals surface area contributed by atoms with E-state index in [2.05, 4.69) is 4.98 Å². The third kappa shape index (κ3) is 1.28. The summed E-state index contributed by atoms with van der Waals surface area (Å²) in [7, 11) is 0. The summed E-state index contributed by atoms with van der Waals surface area (Å²) in [4.78, 5) is 13.8. The summed E-state index contributed by atoms with van der Waals surface area (Å²) in [6, 6.07) is 0. The van der Waals surface area contributed by atoms with Crippen LogP contribution in [0.3, 0.4) is 0 Å². The lowest BCUT2D eigenvalue weighted by atomic mass is 10.1. The number of aromatic nitrogens is 1. The molecule has 1 rings (SSSR count). The first kappa shape index (κ1) is 8.64. The van der Waals surface area contributed by atoms with Crippen LogP contribution in [0, 0.1) is 19.8 Å². The molecule has 0 saturated heterocycles. The van der Waals surface area contributed by atoms with E-state index in [0.29, 0.717) is 11.1 Å². The molecule has 1 aromatic heterocycles. The van der Waals surface area contributed by atoms with Crippen LogP contribution in [0.5, 0.6) is 0 Å². The van der Waals surface area contributed by atoms with Crippen molar-refractivity contribution < 1.29 is 14.3 Å². The Morgan fingerprint density at radius 3 is 2.58 bits per heavy atom. The number of halogens is 1. The van der Waals surface area contributed by atoms with Gasteiger partial charge in [-0.15, -0.1) is 0 Å². The Hall–Kier alpha value is -1.45. The molecule has 1 N–H and O–H groups in total. The summed E-state index contributed by atoms with van der Waals surface area (Å²) in [5.41, 5.74) is 0.763. The Kier molecular flexibility index (Phi) is 2.08. The number of hydrogen-bond acceptors (Lipinski definition) is 2. The van der Waals surface area contributed by atoms with Crippen molar-refractivity contribution in [3.8, 4) is 0 Å². The van der Waals surface area contributed by atoms with Gasteiger partial charge >= 0.3 is 5.97 Å². The molecule has 12 heavy (non-hydrogen) atoms. The second kappa shape index (κ2) is 2.89. The molecule has 4 heteroatoms. The zero-order valence-electron chi connectivity index (χ0n) is 6.76. The quantitative estimate of drug-likeness (QED) is 0.648. The number of rotatable bonds is 1. The number of aromatic carboxylic acids is 1. The molecule has 0 aliphatic heterocycles. The second-order valence-electron chi connectivity index (χ2n) is 2.54. The molecule has 0 radical (unpaired) electrons. The summed E-state index contributed by atoms with van der Waals surface area (Å²) < 4.78 is 12.8. The fourth-order valence-corrected chi connectivity index (χ4v) is 0.915. The first-order valence-electron chi connectivity index (χ1n) is 3.39. The summed E-state index contributed by atoms with van der Waals surface area (Å²) in [6.07, 6.45) is 1.32. The van der Waals surface area contributed by atoms with Gasteiger partial charge in [-0.25, -0.2) is 9.78 Å². The Morgan fingerprint density at radius 1 is 1.58 bits per heavy atom. The van der Waals surface area contributed by atoms with Gasteiger partial charge in [0.25, 0.3) is 0 Å². The molecule has 0 spiro atoms. The van der Waals surface area contributed by atoms with E-state index >= 15 is 0 Å². The minimum absolute atomic E-state index is 0.338. The van der Waals surface area contributed by atoms with Crippen molar-refractivity contribution in [1.82, 2.24) is 4.98 Å². The van der Waals surface area contributed by atoms with Crippen molar-refractivity contribution in [2.75, 3.05) is 0 Å². The summed E-state index contributed by atoms with van der Waals surface area (Å²) in [5, 5.41) is 8.59. The fourth-order valence-electron chi connectivity index (χ4n) is 0.915. The lowest BCUT2D eigenvalue weighted by Gasteiger charge is -2.03. The third-order valence-corrected chi connectivity index (χ3v) is 1.76. The number of carboxylic acids is 1. The van der Waals surface area contributed by atoms with Crippen molar-refractivity contribution in [3.05, 3.63) is 28.8 Å². The average Bonchev–Trinajstić information content (AvgIpc) is 1.97. The molecular formula is C8H8FNO2. The molecule has 1 aromatic rings. The van der Waals surface area contributed by atoms with E-state index in [9.17, 15) is 9.18 Å². The van der Waals surface area contributed by atoms with Gasteiger partial charge in [0.1, 0.15) is 5.56 Å². The van der Waals surface area contributed by atoms with E-state index in [1.54, 1.807) is 13.8 Å². The number of pyridine rings is 1. The number of carboxylic acid groups (broad SMARTS) is 1. The average molecular weight is 169 g/mol. The smallest absolute Gasteiger partial charge is 0.340 e. The van der Waals surface area contributed by atoms with Crippen LogP contribution < -0.4 is 0 Å². The Morgan fingerprint density at radius 2 is 2.17 bits per heavy atom. The standard InChI is InChI=1S/C8H8FNO2/c1-4-3-10-7(9)6(5(4)2)8(11)12/h3H,1-2H3,(H,11,12). The summed E-state index contributed by atoms with van der Waals surface area (Å²) >= 11 is 0. The maximum atomic E-state index is 12.8. The zero-order valence-corrected chi connectivity index (χ0v) is 6.76. The maximum Gasteiger partial charge on any atom is 0.340 e. The molecule has 0 aliphatic carbocycles. The van der Waals surface area contributed by atoms with E-state index in [1.807, 2.05) is 0 Å². The zero-order chi connectivity index (χ0) is 9.30. The summed E-state index contributed by atoms with van der Waals surface area (Å²) in [5.74, 6) is -2.20.